The number of alkyl carbamates (subject to hydrolysis) is 1. The number of hydrogen-bond donors (Lipinski definition) is 1. The second-order valence-electron chi connectivity index (χ2n) is 14.6. The number of aromatic nitrogens is 5. The molecular weight excluding hydrogens is 611 g/mol. The van der Waals surface area contributed by atoms with Gasteiger partial charge in [-0.3, -0.25) is 4.98 Å². The number of hydrogen-bond acceptors (Lipinski definition) is 9. The first kappa shape index (κ1) is 31.0. The molecule has 1 N–H and O–H groups in total. The van der Waals surface area contributed by atoms with Crippen molar-refractivity contribution in [2.75, 3.05) is 36.0 Å². The van der Waals surface area contributed by atoms with E-state index < -0.39 is 11.7 Å². The van der Waals surface area contributed by atoms with Gasteiger partial charge in [-0.15, -0.1) is 5.10 Å². The molecule has 0 radical (unpaired) electrons. The van der Waals surface area contributed by atoms with Crippen LogP contribution in [0.1, 0.15) is 88.4 Å². The molecule has 1 unspecified atom stereocenters. The van der Waals surface area contributed by atoms with Gasteiger partial charge in [-0.05, 0) is 101 Å². The van der Waals surface area contributed by atoms with Crippen LogP contribution in [0.2, 0.25) is 0 Å². The molecule has 3 aromatic heterocycles. The predicted octanol–water partition coefficient (Wildman–Crippen LogP) is 6.55. The summed E-state index contributed by atoms with van der Waals surface area (Å²) in [5.74, 6) is 1.34. The monoisotopic (exact) mass is 654 g/mol. The first-order chi connectivity index (χ1) is 23.2. The van der Waals surface area contributed by atoms with Crippen LogP contribution in [-0.4, -0.2) is 62.7 Å². The standard InChI is InChI=1S/C36H43FN8O3/c1-35(2,3)48-34(46)41-31-23-9-6-10-25(37)24(23)21-36(31)14-18-43(19-15-36)28-22-39-30-32(40-28)45(29-13-4-5-20-47-29)42-33(30)44-17-8-11-26-27(44)12-7-16-38-26/h6-7,9-10,12,16,22,29,31H,4-5,8,11,13-15,17-21H2,1-3H3,(H,41,46)/t29?,31-/m1/s1. The van der Waals surface area contributed by atoms with Gasteiger partial charge in [0.25, 0.3) is 0 Å². The van der Waals surface area contributed by atoms with Crippen LogP contribution in [-0.2, 0) is 22.3 Å². The van der Waals surface area contributed by atoms with Crippen molar-refractivity contribution in [2.45, 2.75) is 90.0 Å². The van der Waals surface area contributed by atoms with E-state index >= 15 is 4.39 Å². The molecule has 252 valence electrons. The van der Waals surface area contributed by atoms with Crippen molar-refractivity contribution >= 4 is 34.6 Å². The molecular formula is C36H43FN8O3. The summed E-state index contributed by atoms with van der Waals surface area (Å²) < 4.78 is 28.9. The molecule has 11 nitrogen and oxygen atoms in total. The lowest BCUT2D eigenvalue weighted by Crippen LogP contribution is -2.48. The van der Waals surface area contributed by atoms with Crippen molar-refractivity contribution in [3.05, 3.63) is 65.4 Å². The molecule has 1 spiro atoms. The number of halogens is 1. The van der Waals surface area contributed by atoms with E-state index in [0.29, 0.717) is 37.3 Å². The Morgan fingerprint density at radius 1 is 1.08 bits per heavy atom. The maximum Gasteiger partial charge on any atom is 0.408 e. The Balaban J connectivity index is 1.10. The summed E-state index contributed by atoms with van der Waals surface area (Å²) in [5, 5.41) is 8.27. The molecule has 2 atom stereocenters. The molecule has 8 rings (SSSR count). The summed E-state index contributed by atoms with van der Waals surface area (Å²) in [6.45, 7) is 8.44. The number of aryl methyl sites for hydroxylation is 1. The van der Waals surface area contributed by atoms with Crippen LogP contribution in [0.15, 0.2) is 42.7 Å². The van der Waals surface area contributed by atoms with Crippen LogP contribution in [0.4, 0.5) is 26.5 Å². The number of anilines is 3. The molecule has 1 aromatic carbocycles. The van der Waals surface area contributed by atoms with Crippen molar-refractivity contribution in [2.24, 2.45) is 5.41 Å². The van der Waals surface area contributed by atoms with Gasteiger partial charge in [0.1, 0.15) is 17.2 Å². The van der Waals surface area contributed by atoms with Gasteiger partial charge in [0, 0.05) is 37.9 Å². The molecule has 48 heavy (non-hydrogen) atoms. The number of carbonyl (C=O) groups excluding carboxylic acids is 1. The number of nitrogens with zero attached hydrogens (tertiary/aromatic N) is 7. The fourth-order valence-electron chi connectivity index (χ4n) is 8.07. The highest BCUT2D eigenvalue weighted by atomic mass is 19.1. The maximum atomic E-state index is 15.1. The zero-order valence-corrected chi connectivity index (χ0v) is 27.9. The number of piperidine rings is 1. The molecule has 6 heterocycles. The van der Waals surface area contributed by atoms with Crippen LogP contribution >= 0.6 is 0 Å². The van der Waals surface area contributed by atoms with E-state index in [4.69, 9.17) is 24.5 Å². The maximum absolute atomic E-state index is 15.1. The van der Waals surface area contributed by atoms with Crippen LogP contribution in [0.5, 0.6) is 0 Å². The number of fused-ring (bicyclic) bond motifs is 3. The SMILES string of the molecule is CC(C)(C)OC(=O)N[C@@H]1c2cccc(F)c2CC12CCN(c1cnc3c(N4CCCc5ncccc54)nn(C4CCCCO4)c3n1)CC2. The largest absolute Gasteiger partial charge is 0.444 e. The van der Waals surface area contributed by atoms with E-state index in [9.17, 15) is 4.79 Å². The summed E-state index contributed by atoms with van der Waals surface area (Å²) in [6, 6.07) is 8.90. The van der Waals surface area contributed by atoms with Gasteiger partial charge in [-0.2, -0.15) is 0 Å². The van der Waals surface area contributed by atoms with Crippen LogP contribution < -0.4 is 15.1 Å². The Morgan fingerprint density at radius 2 is 1.94 bits per heavy atom. The molecule has 2 fully saturated rings. The summed E-state index contributed by atoms with van der Waals surface area (Å²) in [4.78, 5) is 32.3. The average molecular weight is 655 g/mol. The van der Waals surface area contributed by atoms with Gasteiger partial charge >= 0.3 is 6.09 Å². The van der Waals surface area contributed by atoms with Gasteiger partial charge in [0.15, 0.2) is 23.2 Å². The Kier molecular flexibility index (Phi) is 7.73. The molecule has 12 heteroatoms. The van der Waals surface area contributed by atoms with E-state index in [2.05, 4.69) is 26.2 Å². The Bertz CT molecular complexity index is 1840. The highest BCUT2D eigenvalue weighted by molar-refractivity contribution is 5.88. The van der Waals surface area contributed by atoms with E-state index in [-0.39, 0.29) is 23.5 Å². The third kappa shape index (κ3) is 5.53. The molecule has 2 saturated heterocycles. The predicted molar refractivity (Wildman–Crippen MR) is 180 cm³/mol. The summed E-state index contributed by atoms with van der Waals surface area (Å²) >= 11 is 0. The lowest BCUT2D eigenvalue weighted by Gasteiger charge is -2.43. The first-order valence-corrected chi connectivity index (χ1v) is 17.3. The Hall–Kier alpha value is -4.32. The van der Waals surface area contributed by atoms with Crippen LogP contribution in [0.25, 0.3) is 11.2 Å². The number of benzene rings is 1. The molecule has 4 aromatic rings. The van der Waals surface area contributed by atoms with Crippen LogP contribution in [0, 0.1) is 11.2 Å². The zero-order chi connectivity index (χ0) is 33.0. The third-order valence-corrected chi connectivity index (χ3v) is 10.4. The van der Waals surface area contributed by atoms with E-state index in [0.717, 1.165) is 85.6 Å². The van der Waals surface area contributed by atoms with Crippen LogP contribution in [0.3, 0.4) is 0 Å². The number of pyridine rings is 1. The lowest BCUT2D eigenvalue weighted by molar-refractivity contribution is -0.0368. The first-order valence-electron chi connectivity index (χ1n) is 17.3. The zero-order valence-electron chi connectivity index (χ0n) is 27.9. The summed E-state index contributed by atoms with van der Waals surface area (Å²) in [5.41, 5.74) is 4.16. The van der Waals surface area contributed by atoms with E-state index in [1.807, 2.05) is 50.0 Å². The fraction of sp³-hybridized carbons (Fsp3) is 0.528. The molecule has 4 aliphatic rings. The quantitative estimate of drug-likeness (QED) is 0.262. The fourth-order valence-corrected chi connectivity index (χ4v) is 8.07. The number of ether oxygens (including phenoxy) is 2. The number of rotatable bonds is 4. The minimum absolute atomic E-state index is 0.200. The van der Waals surface area contributed by atoms with Crippen molar-refractivity contribution < 1.29 is 18.7 Å². The van der Waals surface area contributed by atoms with Gasteiger partial charge in [-0.25, -0.2) is 23.8 Å². The minimum atomic E-state index is -0.634. The van der Waals surface area contributed by atoms with E-state index in [1.165, 1.54) is 6.07 Å². The Labute approximate surface area is 279 Å². The minimum Gasteiger partial charge on any atom is -0.444 e. The smallest absolute Gasteiger partial charge is 0.408 e. The molecule has 0 saturated carbocycles. The molecule has 1 aliphatic carbocycles. The second-order valence-corrected chi connectivity index (χ2v) is 14.6. The summed E-state index contributed by atoms with van der Waals surface area (Å²) in [7, 11) is 0. The molecule has 1 amide bonds. The third-order valence-electron chi connectivity index (χ3n) is 10.4. The second kappa shape index (κ2) is 12.0. The van der Waals surface area contributed by atoms with Gasteiger partial charge in [-0.1, -0.05) is 12.1 Å². The average Bonchev–Trinajstić information content (AvgIpc) is 3.60. The van der Waals surface area contributed by atoms with Gasteiger partial charge < -0.3 is 24.6 Å². The molecule has 0 bridgehead atoms. The molecule has 3 aliphatic heterocycles. The van der Waals surface area contributed by atoms with E-state index in [1.54, 1.807) is 6.07 Å². The Morgan fingerprint density at radius 3 is 2.73 bits per heavy atom. The number of carbonyl (C=O) groups is 1. The lowest BCUT2D eigenvalue weighted by atomic mass is 9.72. The normalized spacial score (nSPS) is 22.1. The van der Waals surface area contributed by atoms with Gasteiger partial charge in [0.2, 0.25) is 0 Å². The van der Waals surface area contributed by atoms with Crippen molar-refractivity contribution in [1.29, 1.82) is 0 Å². The van der Waals surface area contributed by atoms with Gasteiger partial charge in [0.05, 0.1) is 23.6 Å². The van der Waals surface area contributed by atoms with Crippen molar-refractivity contribution in [1.82, 2.24) is 30.0 Å². The number of amides is 1. The highest BCUT2D eigenvalue weighted by Gasteiger charge is 2.50. The van der Waals surface area contributed by atoms with Crippen molar-refractivity contribution in [3.8, 4) is 0 Å². The summed E-state index contributed by atoms with van der Waals surface area (Å²) in [6.07, 6.45) is 9.98. The highest BCUT2D eigenvalue weighted by Crippen LogP contribution is 2.53. The van der Waals surface area contributed by atoms with Crippen molar-refractivity contribution in [3.63, 3.8) is 0 Å². The topological polar surface area (TPSA) is 111 Å². The number of nitrogens with one attached hydrogen (secondary N) is 1.